The van der Waals surface area contributed by atoms with Crippen LogP contribution in [0.5, 0.6) is 11.6 Å². The minimum absolute atomic E-state index is 0.559. The van der Waals surface area contributed by atoms with E-state index >= 15 is 0 Å². The number of rotatable bonds is 7. The molecule has 1 aromatic heterocycles. The first-order valence-electron chi connectivity index (χ1n) is 8.42. The maximum Gasteiger partial charge on any atom is 0.257 e. The number of hydrogen-bond acceptors (Lipinski definition) is 6. The number of piperazine rings is 1. The summed E-state index contributed by atoms with van der Waals surface area (Å²) in [4.78, 5) is 11.0. The standard InChI is InChI=1S/C18H24N4O2/c1-15-5-2-3-6-16(15)23-13-4-14-24-18-17(20-7-8-21-18)22-11-9-19-10-12-22/h2-3,5-8,19H,4,9-14H2,1H3. The third-order valence-corrected chi connectivity index (χ3v) is 3.94. The van der Waals surface area contributed by atoms with Gasteiger partial charge in [-0.2, -0.15) is 0 Å². The zero-order valence-electron chi connectivity index (χ0n) is 14.1. The van der Waals surface area contributed by atoms with Gasteiger partial charge >= 0.3 is 0 Å². The molecule has 1 fully saturated rings. The van der Waals surface area contributed by atoms with Crippen LogP contribution in [0.1, 0.15) is 12.0 Å². The van der Waals surface area contributed by atoms with Crippen molar-refractivity contribution in [2.75, 3.05) is 44.3 Å². The quantitative estimate of drug-likeness (QED) is 0.785. The molecule has 0 unspecified atom stereocenters. The van der Waals surface area contributed by atoms with Gasteiger partial charge in [-0.25, -0.2) is 9.97 Å². The average Bonchev–Trinajstić information content (AvgIpc) is 2.64. The van der Waals surface area contributed by atoms with Crippen molar-refractivity contribution >= 4 is 5.82 Å². The Balaban J connectivity index is 1.47. The van der Waals surface area contributed by atoms with Crippen LogP contribution in [0.3, 0.4) is 0 Å². The third-order valence-electron chi connectivity index (χ3n) is 3.94. The fraction of sp³-hybridized carbons (Fsp3) is 0.444. The molecule has 0 radical (unpaired) electrons. The molecule has 2 heterocycles. The van der Waals surface area contributed by atoms with E-state index in [0.29, 0.717) is 19.1 Å². The van der Waals surface area contributed by atoms with E-state index in [-0.39, 0.29) is 0 Å². The highest BCUT2D eigenvalue weighted by atomic mass is 16.5. The van der Waals surface area contributed by atoms with Gasteiger partial charge in [-0.05, 0) is 18.6 Å². The summed E-state index contributed by atoms with van der Waals surface area (Å²) < 4.78 is 11.6. The van der Waals surface area contributed by atoms with Gasteiger partial charge in [-0.3, -0.25) is 0 Å². The van der Waals surface area contributed by atoms with Crippen molar-refractivity contribution in [1.29, 1.82) is 0 Å². The number of nitrogens with zero attached hydrogens (tertiary/aromatic N) is 3. The van der Waals surface area contributed by atoms with E-state index < -0.39 is 0 Å². The van der Waals surface area contributed by atoms with Crippen LogP contribution in [0.15, 0.2) is 36.7 Å². The lowest BCUT2D eigenvalue weighted by Crippen LogP contribution is -2.44. The highest BCUT2D eigenvalue weighted by Crippen LogP contribution is 2.23. The summed E-state index contributed by atoms with van der Waals surface area (Å²) in [5.74, 6) is 2.37. The van der Waals surface area contributed by atoms with E-state index in [1.807, 2.05) is 31.2 Å². The number of benzene rings is 1. The van der Waals surface area contributed by atoms with Crippen molar-refractivity contribution in [2.24, 2.45) is 0 Å². The van der Waals surface area contributed by atoms with Crippen molar-refractivity contribution in [1.82, 2.24) is 15.3 Å². The molecule has 0 aliphatic carbocycles. The van der Waals surface area contributed by atoms with E-state index in [0.717, 1.165) is 49.7 Å². The minimum atomic E-state index is 0.559. The Hall–Kier alpha value is -2.34. The van der Waals surface area contributed by atoms with Crippen LogP contribution in [-0.4, -0.2) is 49.4 Å². The Morgan fingerprint density at radius 2 is 1.79 bits per heavy atom. The molecule has 0 spiro atoms. The lowest BCUT2D eigenvalue weighted by Gasteiger charge is -2.28. The number of para-hydroxylation sites is 1. The summed E-state index contributed by atoms with van der Waals surface area (Å²) >= 11 is 0. The van der Waals surface area contributed by atoms with E-state index in [1.165, 1.54) is 0 Å². The first-order chi connectivity index (χ1) is 11.8. The Labute approximate surface area is 142 Å². The fourth-order valence-corrected chi connectivity index (χ4v) is 2.64. The largest absolute Gasteiger partial charge is 0.493 e. The summed E-state index contributed by atoms with van der Waals surface area (Å²) in [6.45, 7) is 6.99. The summed E-state index contributed by atoms with van der Waals surface area (Å²) in [5, 5.41) is 3.34. The fourth-order valence-electron chi connectivity index (χ4n) is 2.64. The van der Waals surface area contributed by atoms with Crippen molar-refractivity contribution in [3.05, 3.63) is 42.2 Å². The normalized spacial score (nSPS) is 14.5. The molecule has 0 atom stereocenters. The monoisotopic (exact) mass is 328 g/mol. The molecule has 0 amide bonds. The number of hydrogen-bond donors (Lipinski definition) is 1. The SMILES string of the molecule is Cc1ccccc1OCCCOc1nccnc1N1CCNCC1. The van der Waals surface area contributed by atoms with Crippen molar-refractivity contribution in [3.63, 3.8) is 0 Å². The summed E-state index contributed by atoms with van der Waals surface area (Å²) in [5.41, 5.74) is 1.15. The summed E-state index contributed by atoms with van der Waals surface area (Å²) in [6.07, 6.45) is 4.18. The molecule has 2 aromatic rings. The topological polar surface area (TPSA) is 59.5 Å². The predicted octanol–water partition coefficient (Wildman–Crippen LogP) is 2.04. The number of nitrogens with one attached hydrogen (secondary N) is 1. The molecule has 3 rings (SSSR count). The Morgan fingerprint density at radius 3 is 2.62 bits per heavy atom. The van der Waals surface area contributed by atoms with E-state index in [9.17, 15) is 0 Å². The highest BCUT2D eigenvalue weighted by molar-refractivity contribution is 5.48. The Morgan fingerprint density at radius 1 is 1.04 bits per heavy atom. The van der Waals surface area contributed by atoms with Crippen molar-refractivity contribution < 1.29 is 9.47 Å². The maximum atomic E-state index is 5.84. The molecule has 0 saturated carbocycles. The maximum absolute atomic E-state index is 5.84. The molecule has 6 nitrogen and oxygen atoms in total. The Bertz CT molecular complexity index is 644. The molecule has 6 heteroatoms. The molecule has 1 aliphatic heterocycles. The van der Waals surface area contributed by atoms with Gasteiger partial charge in [0.05, 0.1) is 13.2 Å². The molecule has 1 saturated heterocycles. The smallest absolute Gasteiger partial charge is 0.257 e. The molecule has 128 valence electrons. The van der Waals surface area contributed by atoms with Crippen LogP contribution in [-0.2, 0) is 0 Å². The van der Waals surface area contributed by atoms with Crippen LogP contribution in [0.2, 0.25) is 0 Å². The Kier molecular flexibility index (Phi) is 5.85. The van der Waals surface area contributed by atoms with Gasteiger partial charge in [0.15, 0.2) is 5.82 Å². The third kappa shape index (κ3) is 4.35. The van der Waals surface area contributed by atoms with Gasteiger partial charge in [0.2, 0.25) is 0 Å². The van der Waals surface area contributed by atoms with Crippen LogP contribution < -0.4 is 19.7 Å². The van der Waals surface area contributed by atoms with E-state index in [4.69, 9.17) is 9.47 Å². The molecule has 1 aromatic carbocycles. The van der Waals surface area contributed by atoms with Gasteiger partial charge in [-0.15, -0.1) is 0 Å². The predicted molar refractivity (Wildman–Crippen MR) is 93.9 cm³/mol. The molecule has 24 heavy (non-hydrogen) atoms. The van der Waals surface area contributed by atoms with Crippen LogP contribution in [0.25, 0.3) is 0 Å². The number of aryl methyl sites for hydroxylation is 1. The van der Waals surface area contributed by atoms with Crippen LogP contribution >= 0.6 is 0 Å². The van der Waals surface area contributed by atoms with Gasteiger partial charge in [-0.1, -0.05) is 18.2 Å². The highest BCUT2D eigenvalue weighted by Gasteiger charge is 2.17. The molecular weight excluding hydrogens is 304 g/mol. The zero-order valence-corrected chi connectivity index (χ0v) is 14.1. The second kappa shape index (κ2) is 8.49. The minimum Gasteiger partial charge on any atom is -0.493 e. The lowest BCUT2D eigenvalue weighted by atomic mass is 10.2. The van der Waals surface area contributed by atoms with E-state index in [2.05, 4.69) is 20.2 Å². The average molecular weight is 328 g/mol. The van der Waals surface area contributed by atoms with Crippen LogP contribution in [0.4, 0.5) is 5.82 Å². The summed E-state index contributed by atoms with van der Waals surface area (Å²) in [7, 11) is 0. The van der Waals surface area contributed by atoms with Crippen LogP contribution in [0, 0.1) is 6.92 Å². The van der Waals surface area contributed by atoms with Crippen molar-refractivity contribution in [3.8, 4) is 11.6 Å². The first kappa shape index (κ1) is 16.5. The molecule has 0 bridgehead atoms. The number of anilines is 1. The number of aromatic nitrogens is 2. The van der Waals surface area contributed by atoms with Gasteiger partial charge in [0, 0.05) is 45.0 Å². The molecule has 1 aliphatic rings. The van der Waals surface area contributed by atoms with Gasteiger partial charge in [0.1, 0.15) is 5.75 Å². The zero-order chi connectivity index (χ0) is 16.6. The summed E-state index contributed by atoms with van der Waals surface area (Å²) in [6, 6.07) is 8.03. The number of ether oxygens (including phenoxy) is 2. The van der Waals surface area contributed by atoms with Gasteiger partial charge in [0.25, 0.3) is 5.88 Å². The lowest BCUT2D eigenvalue weighted by molar-refractivity contribution is 0.241. The van der Waals surface area contributed by atoms with Gasteiger partial charge < -0.3 is 19.7 Å². The van der Waals surface area contributed by atoms with E-state index in [1.54, 1.807) is 12.4 Å². The molecule has 1 N–H and O–H groups in total. The first-order valence-corrected chi connectivity index (χ1v) is 8.42. The second-order valence-electron chi connectivity index (χ2n) is 5.74. The second-order valence-corrected chi connectivity index (χ2v) is 5.74. The van der Waals surface area contributed by atoms with Crippen molar-refractivity contribution in [2.45, 2.75) is 13.3 Å². The molecular formula is C18H24N4O2.